The van der Waals surface area contributed by atoms with Gasteiger partial charge in [-0.25, -0.2) is 0 Å². The maximum atomic E-state index is 12.9. The van der Waals surface area contributed by atoms with Gasteiger partial charge in [0.25, 0.3) is 5.69 Å². The molecule has 5 nitrogen and oxygen atoms in total. The molecule has 0 bridgehead atoms. The van der Waals surface area contributed by atoms with E-state index in [1.165, 1.54) is 0 Å². The number of nitro groups is 1. The molecule has 0 amide bonds. The molecule has 1 aromatic rings. The number of benzene rings is 1. The third-order valence-electron chi connectivity index (χ3n) is 3.12. The van der Waals surface area contributed by atoms with Gasteiger partial charge in [-0.15, -0.1) is 0 Å². The van der Waals surface area contributed by atoms with Crippen molar-refractivity contribution in [3.05, 3.63) is 33.9 Å². The largest absolute Gasteiger partial charge is 0.488 e. The fraction of sp³-hybridized carbons (Fsp3) is 0.500. The van der Waals surface area contributed by atoms with Crippen LogP contribution < -0.4 is 4.74 Å². The normalized spacial score (nSPS) is 20.1. The molecule has 1 atom stereocenters. The molecule has 20 heavy (non-hydrogen) atoms. The van der Waals surface area contributed by atoms with Crippen LogP contribution in [0.15, 0.2) is 18.2 Å². The number of nitro benzene ring substituents is 1. The highest BCUT2D eigenvalue weighted by Crippen LogP contribution is 2.39. The summed E-state index contributed by atoms with van der Waals surface area (Å²) in [5.74, 6) is -0.480. The molecule has 0 radical (unpaired) electrons. The second kappa shape index (κ2) is 5.28. The van der Waals surface area contributed by atoms with Crippen LogP contribution in [0, 0.1) is 10.1 Å². The molecule has 0 saturated carbocycles. The molecule has 8 heteroatoms. The van der Waals surface area contributed by atoms with Gasteiger partial charge in [0.1, 0.15) is 11.9 Å². The summed E-state index contributed by atoms with van der Waals surface area (Å²) in [6, 6.07) is 2.35. The molecule has 1 aliphatic heterocycles. The van der Waals surface area contributed by atoms with Crippen LogP contribution in [0.1, 0.15) is 12.0 Å². The first-order valence-corrected chi connectivity index (χ1v) is 5.98. The molecule has 110 valence electrons. The van der Waals surface area contributed by atoms with Crippen LogP contribution in [0.25, 0.3) is 0 Å². The molecule has 1 fully saturated rings. The average Bonchev–Trinajstić information content (AvgIpc) is 2.73. The summed E-state index contributed by atoms with van der Waals surface area (Å²) in [5, 5.41) is 10.7. The maximum absolute atomic E-state index is 12.9. The predicted octanol–water partition coefficient (Wildman–Crippen LogP) is 2.70. The minimum absolute atomic E-state index is 0.386. The molecular formula is C12H13F3N2O3. The standard InChI is InChI=1S/C12H13F3N2O3/c1-16-5-4-9(7-16)20-11-6-8(17(18)19)2-3-10(11)12(13,14)15/h2-3,6,9H,4-5,7H2,1H3/t9-/m1/s1. The quantitative estimate of drug-likeness (QED) is 0.634. The Morgan fingerprint density at radius 3 is 2.65 bits per heavy atom. The number of ether oxygens (including phenoxy) is 1. The number of non-ortho nitro benzene ring substituents is 1. The van der Waals surface area contributed by atoms with Crippen LogP contribution in [0.3, 0.4) is 0 Å². The number of likely N-dealkylation sites (tertiary alicyclic amines) is 1. The highest BCUT2D eigenvalue weighted by atomic mass is 19.4. The van der Waals surface area contributed by atoms with E-state index in [9.17, 15) is 23.3 Å². The van der Waals surface area contributed by atoms with Gasteiger partial charge in [0, 0.05) is 19.2 Å². The Labute approximate surface area is 113 Å². The van der Waals surface area contributed by atoms with Crippen LogP contribution >= 0.6 is 0 Å². The minimum Gasteiger partial charge on any atom is -0.488 e. The Balaban J connectivity index is 2.31. The Hall–Kier alpha value is -1.83. The molecule has 2 rings (SSSR count). The van der Waals surface area contributed by atoms with Crippen molar-refractivity contribution in [2.45, 2.75) is 18.7 Å². The van der Waals surface area contributed by atoms with E-state index < -0.39 is 28.1 Å². The smallest absolute Gasteiger partial charge is 0.419 e. The molecule has 1 saturated heterocycles. The van der Waals surface area contributed by atoms with Gasteiger partial charge in [0.15, 0.2) is 0 Å². The zero-order valence-electron chi connectivity index (χ0n) is 10.7. The lowest BCUT2D eigenvalue weighted by atomic mass is 10.1. The summed E-state index contributed by atoms with van der Waals surface area (Å²) in [5.41, 5.74) is -1.41. The summed E-state index contributed by atoms with van der Waals surface area (Å²) >= 11 is 0. The van der Waals surface area contributed by atoms with E-state index in [0.717, 1.165) is 18.7 Å². The van der Waals surface area contributed by atoms with Crippen molar-refractivity contribution in [3.8, 4) is 5.75 Å². The Kier molecular flexibility index (Phi) is 3.85. The first kappa shape index (κ1) is 14.6. The van der Waals surface area contributed by atoms with Crippen LogP contribution in [-0.2, 0) is 6.18 Å². The van der Waals surface area contributed by atoms with Crippen molar-refractivity contribution in [3.63, 3.8) is 0 Å². The summed E-state index contributed by atoms with van der Waals surface area (Å²) in [4.78, 5) is 11.8. The Morgan fingerprint density at radius 1 is 1.45 bits per heavy atom. The first-order chi connectivity index (χ1) is 9.27. The monoisotopic (exact) mass is 290 g/mol. The van der Waals surface area contributed by atoms with Crippen molar-refractivity contribution in [2.24, 2.45) is 0 Å². The molecular weight excluding hydrogens is 277 g/mol. The van der Waals surface area contributed by atoms with Gasteiger partial charge in [0.05, 0.1) is 16.6 Å². The van der Waals surface area contributed by atoms with Gasteiger partial charge in [-0.3, -0.25) is 10.1 Å². The van der Waals surface area contributed by atoms with Crippen LogP contribution in [0.2, 0.25) is 0 Å². The number of nitrogens with zero attached hydrogens (tertiary/aromatic N) is 2. The van der Waals surface area contributed by atoms with E-state index in [2.05, 4.69) is 0 Å². The lowest BCUT2D eigenvalue weighted by Gasteiger charge is -2.18. The van der Waals surface area contributed by atoms with Crippen molar-refractivity contribution in [1.29, 1.82) is 0 Å². The lowest BCUT2D eigenvalue weighted by molar-refractivity contribution is -0.385. The molecule has 0 spiro atoms. The van der Waals surface area contributed by atoms with E-state index in [-0.39, 0.29) is 6.10 Å². The molecule has 1 heterocycles. The first-order valence-electron chi connectivity index (χ1n) is 5.98. The SMILES string of the molecule is CN1CC[C@@H](Oc2cc([N+](=O)[O-])ccc2C(F)(F)F)C1. The van der Waals surface area contributed by atoms with Gasteiger partial charge < -0.3 is 9.64 Å². The summed E-state index contributed by atoms with van der Waals surface area (Å²) in [6.45, 7) is 1.22. The van der Waals surface area contributed by atoms with Gasteiger partial charge in [-0.2, -0.15) is 13.2 Å². The highest BCUT2D eigenvalue weighted by Gasteiger charge is 2.36. The Morgan fingerprint density at radius 2 is 2.15 bits per heavy atom. The van der Waals surface area contributed by atoms with E-state index >= 15 is 0 Å². The predicted molar refractivity (Wildman–Crippen MR) is 64.6 cm³/mol. The van der Waals surface area contributed by atoms with E-state index in [4.69, 9.17) is 4.74 Å². The second-order valence-corrected chi connectivity index (χ2v) is 4.73. The maximum Gasteiger partial charge on any atom is 0.419 e. The zero-order chi connectivity index (χ0) is 14.9. The number of hydrogen-bond acceptors (Lipinski definition) is 4. The number of likely N-dealkylation sites (N-methyl/N-ethyl adjacent to an activating group) is 1. The van der Waals surface area contributed by atoms with Crippen LogP contribution in [0.4, 0.5) is 18.9 Å². The fourth-order valence-electron chi connectivity index (χ4n) is 2.13. The summed E-state index contributed by atoms with van der Waals surface area (Å²) in [7, 11) is 1.83. The van der Waals surface area contributed by atoms with Gasteiger partial charge >= 0.3 is 6.18 Å². The van der Waals surface area contributed by atoms with Gasteiger partial charge in [0.2, 0.25) is 0 Å². The second-order valence-electron chi connectivity index (χ2n) is 4.73. The minimum atomic E-state index is -4.60. The molecule has 1 aliphatic rings. The summed E-state index contributed by atoms with van der Waals surface area (Å²) < 4.78 is 43.9. The fourth-order valence-corrected chi connectivity index (χ4v) is 2.13. The Bertz CT molecular complexity index is 519. The van der Waals surface area contributed by atoms with Crippen LogP contribution in [0.5, 0.6) is 5.75 Å². The summed E-state index contributed by atoms with van der Waals surface area (Å²) in [6.07, 6.45) is -4.39. The van der Waals surface area contributed by atoms with Gasteiger partial charge in [-0.05, 0) is 19.5 Å². The third-order valence-corrected chi connectivity index (χ3v) is 3.12. The van der Waals surface area contributed by atoms with E-state index in [1.807, 2.05) is 11.9 Å². The average molecular weight is 290 g/mol. The number of hydrogen-bond donors (Lipinski definition) is 0. The third kappa shape index (κ3) is 3.19. The van der Waals surface area contributed by atoms with E-state index in [1.54, 1.807) is 0 Å². The van der Waals surface area contributed by atoms with Crippen molar-refractivity contribution >= 4 is 5.69 Å². The zero-order valence-corrected chi connectivity index (χ0v) is 10.7. The molecule has 0 aliphatic carbocycles. The van der Waals surface area contributed by atoms with Gasteiger partial charge in [-0.1, -0.05) is 0 Å². The topological polar surface area (TPSA) is 55.6 Å². The van der Waals surface area contributed by atoms with E-state index in [0.29, 0.717) is 19.0 Å². The highest BCUT2D eigenvalue weighted by molar-refractivity contribution is 5.45. The molecule has 0 aromatic heterocycles. The van der Waals surface area contributed by atoms with Crippen molar-refractivity contribution < 1.29 is 22.8 Å². The lowest BCUT2D eigenvalue weighted by Crippen LogP contribution is -2.22. The number of halogens is 3. The van der Waals surface area contributed by atoms with Crippen molar-refractivity contribution in [1.82, 2.24) is 4.90 Å². The number of alkyl halides is 3. The molecule has 1 aromatic carbocycles. The molecule has 0 unspecified atom stereocenters. The number of rotatable bonds is 3. The van der Waals surface area contributed by atoms with Crippen LogP contribution in [-0.4, -0.2) is 36.1 Å². The van der Waals surface area contributed by atoms with Crippen molar-refractivity contribution in [2.75, 3.05) is 20.1 Å². The molecule has 0 N–H and O–H groups in total.